The van der Waals surface area contributed by atoms with E-state index in [-0.39, 0.29) is 17.0 Å². The van der Waals surface area contributed by atoms with Crippen LogP contribution in [0.2, 0.25) is 0 Å². The first-order valence-electron chi connectivity index (χ1n) is 6.72. The van der Waals surface area contributed by atoms with Crippen LogP contribution < -0.4 is 5.32 Å². The van der Waals surface area contributed by atoms with Crippen molar-refractivity contribution in [3.8, 4) is 0 Å². The Kier molecular flexibility index (Phi) is 3.81. The fourth-order valence-corrected chi connectivity index (χ4v) is 4.34. The Balaban J connectivity index is 1.80. The van der Waals surface area contributed by atoms with Crippen molar-refractivity contribution >= 4 is 27.7 Å². The maximum Gasteiger partial charge on any atom is 0.317 e. The second-order valence-corrected chi connectivity index (χ2v) is 7.38. The van der Waals surface area contributed by atoms with Gasteiger partial charge in [-0.05, 0) is 17.7 Å². The number of piperazine rings is 1. The number of carbonyl (C=O) groups is 1. The number of carbonyl (C=O) groups excluding carboxylic acids is 1. The van der Waals surface area contributed by atoms with Gasteiger partial charge in [0.1, 0.15) is 0 Å². The summed E-state index contributed by atoms with van der Waals surface area (Å²) in [6.45, 7) is 1.58. The molecule has 0 aliphatic carbocycles. The first kappa shape index (κ1) is 14.6. The van der Waals surface area contributed by atoms with Gasteiger partial charge in [-0.3, -0.25) is 0 Å². The average Bonchev–Trinajstić information content (AvgIpc) is 2.88. The molecule has 2 saturated heterocycles. The van der Waals surface area contributed by atoms with Crippen LogP contribution in [0, 0.1) is 0 Å². The molecule has 1 unspecified atom stereocenters. The molecule has 114 valence electrons. The number of nitrogens with zero attached hydrogens (tertiary/aromatic N) is 2. The third-order valence-corrected chi connectivity index (χ3v) is 6.10. The van der Waals surface area contributed by atoms with E-state index in [2.05, 4.69) is 5.32 Å². The van der Waals surface area contributed by atoms with Crippen molar-refractivity contribution in [1.29, 1.82) is 0 Å². The molecule has 3 rings (SSSR count). The highest BCUT2D eigenvalue weighted by Gasteiger charge is 2.39. The largest absolute Gasteiger partial charge is 0.336 e. The predicted molar refractivity (Wildman–Crippen MR) is 78.7 cm³/mol. The molecule has 2 fully saturated rings. The van der Waals surface area contributed by atoms with Gasteiger partial charge >= 0.3 is 6.03 Å². The third kappa shape index (κ3) is 2.61. The standard InChI is InChI=1S/C13H16ClN3O3S/c14-7-10-1-3-12(4-2-10)21(19,20)16-5-6-17-11(9-16)8-15-13(17)18/h1-4,11H,5-9H2,(H,15,18). The Morgan fingerprint density at radius 2 is 1.95 bits per heavy atom. The maximum absolute atomic E-state index is 12.6. The lowest BCUT2D eigenvalue weighted by atomic mass is 10.2. The summed E-state index contributed by atoms with van der Waals surface area (Å²) in [7, 11) is -3.52. The monoisotopic (exact) mass is 329 g/mol. The van der Waals surface area contributed by atoms with Crippen LogP contribution in [0.3, 0.4) is 0 Å². The van der Waals surface area contributed by atoms with E-state index in [1.807, 2.05) is 0 Å². The molecule has 0 saturated carbocycles. The summed E-state index contributed by atoms with van der Waals surface area (Å²) in [5.74, 6) is 0.356. The van der Waals surface area contributed by atoms with E-state index >= 15 is 0 Å². The van der Waals surface area contributed by atoms with Crippen molar-refractivity contribution in [2.45, 2.75) is 16.8 Å². The van der Waals surface area contributed by atoms with E-state index in [0.29, 0.717) is 32.1 Å². The Morgan fingerprint density at radius 1 is 1.24 bits per heavy atom. The predicted octanol–water partition coefficient (Wildman–Crippen LogP) is 0.823. The van der Waals surface area contributed by atoms with Crippen LogP contribution in [0.25, 0.3) is 0 Å². The normalized spacial score (nSPS) is 23.0. The van der Waals surface area contributed by atoms with Gasteiger partial charge in [-0.15, -0.1) is 11.6 Å². The number of hydrogen-bond donors (Lipinski definition) is 1. The molecule has 6 nitrogen and oxygen atoms in total. The van der Waals surface area contributed by atoms with Crippen molar-refractivity contribution < 1.29 is 13.2 Å². The van der Waals surface area contributed by atoms with Gasteiger partial charge in [0, 0.05) is 32.1 Å². The number of halogens is 1. The maximum atomic E-state index is 12.6. The van der Waals surface area contributed by atoms with Gasteiger partial charge in [-0.1, -0.05) is 12.1 Å². The van der Waals surface area contributed by atoms with Crippen molar-refractivity contribution in [3.63, 3.8) is 0 Å². The van der Waals surface area contributed by atoms with Crippen LogP contribution in [0.1, 0.15) is 5.56 Å². The van der Waals surface area contributed by atoms with Crippen LogP contribution >= 0.6 is 11.6 Å². The summed E-state index contributed by atoms with van der Waals surface area (Å²) in [4.78, 5) is 13.5. The lowest BCUT2D eigenvalue weighted by molar-refractivity contribution is 0.164. The highest BCUT2D eigenvalue weighted by atomic mass is 35.5. The van der Waals surface area contributed by atoms with E-state index in [9.17, 15) is 13.2 Å². The Hall–Kier alpha value is -1.31. The minimum atomic E-state index is -3.52. The summed E-state index contributed by atoms with van der Waals surface area (Å²) in [5.41, 5.74) is 0.881. The Labute approximate surface area is 128 Å². The Bertz CT molecular complexity index is 647. The number of rotatable bonds is 3. The van der Waals surface area contributed by atoms with Gasteiger partial charge in [-0.2, -0.15) is 4.31 Å². The summed E-state index contributed by atoms with van der Waals surface area (Å²) >= 11 is 5.71. The van der Waals surface area contributed by atoms with Crippen molar-refractivity contribution in [3.05, 3.63) is 29.8 Å². The van der Waals surface area contributed by atoms with Crippen LogP contribution in [-0.2, 0) is 15.9 Å². The summed E-state index contributed by atoms with van der Waals surface area (Å²) in [6, 6.07) is 6.41. The number of amides is 2. The fourth-order valence-electron chi connectivity index (χ4n) is 2.69. The number of alkyl halides is 1. The van der Waals surface area contributed by atoms with Crippen molar-refractivity contribution in [2.75, 3.05) is 26.2 Å². The molecular formula is C13H16ClN3O3S. The SMILES string of the molecule is O=C1NCC2CN(S(=O)(=O)c3ccc(CCl)cc3)CCN12. The van der Waals surface area contributed by atoms with Crippen molar-refractivity contribution in [1.82, 2.24) is 14.5 Å². The number of sulfonamides is 1. The number of benzene rings is 1. The Morgan fingerprint density at radius 3 is 2.62 bits per heavy atom. The second kappa shape index (κ2) is 5.47. The first-order valence-corrected chi connectivity index (χ1v) is 8.69. The van der Waals surface area contributed by atoms with Gasteiger partial charge in [0.05, 0.1) is 10.9 Å². The molecule has 21 heavy (non-hydrogen) atoms. The summed E-state index contributed by atoms with van der Waals surface area (Å²) in [5, 5.41) is 2.74. The quantitative estimate of drug-likeness (QED) is 0.835. The number of hydrogen-bond acceptors (Lipinski definition) is 3. The van der Waals surface area contributed by atoms with E-state index < -0.39 is 10.0 Å². The zero-order chi connectivity index (χ0) is 15.0. The minimum absolute atomic E-state index is 0.0804. The van der Waals surface area contributed by atoms with E-state index in [4.69, 9.17) is 11.6 Å². The third-order valence-electron chi connectivity index (χ3n) is 3.91. The smallest absolute Gasteiger partial charge is 0.317 e. The molecule has 2 amide bonds. The van der Waals surface area contributed by atoms with Crippen LogP contribution in [-0.4, -0.2) is 55.9 Å². The summed E-state index contributed by atoms with van der Waals surface area (Å²) < 4.78 is 26.7. The van der Waals surface area contributed by atoms with Gasteiger partial charge in [0.15, 0.2) is 0 Å². The van der Waals surface area contributed by atoms with E-state index in [0.717, 1.165) is 5.56 Å². The fraction of sp³-hybridized carbons (Fsp3) is 0.462. The molecular weight excluding hydrogens is 314 g/mol. The van der Waals surface area contributed by atoms with Gasteiger partial charge in [0.2, 0.25) is 10.0 Å². The number of nitrogens with one attached hydrogen (secondary N) is 1. The topological polar surface area (TPSA) is 69.7 Å². The highest BCUT2D eigenvalue weighted by Crippen LogP contribution is 2.22. The molecule has 8 heteroatoms. The zero-order valence-corrected chi connectivity index (χ0v) is 12.9. The zero-order valence-electron chi connectivity index (χ0n) is 11.3. The highest BCUT2D eigenvalue weighted by molar-refractivity contribution is 7.89. The van der Waals surface area contributed by atoms with E-state index in [1.165, 1.54) is 4.31 Å². The van der Waals surface area contributed by atoms with Crippen molar-refractivity contribution in [2.24, 2.45) is 0 Å². The van der Waals surface area contributed by atoms with Crippen LogP contribution in [0.5, 0.6) is 0 Å². The molecule has 1 aromatic carbocycles. The average molecular weight is 330 g/mol. The molecule has 0 bridgehead atoms. The molecule has 2 aliphatic heterocycles. The number of urea groups is 1. The van der Waals surface area contributed by atoms with Gasteiger partial charge < -0.3 is 10.2 Å². The lowest BCUT2D eigenvalue weighted by Crippen LogP contribution is -2.53. The molecule has 2 heterocycles. The van der Waals surface area contributed by atoms with Crippen LogP contribution in [0.4, 0.5) is 4.79 Å². The van der Waals surface area contributed by atoms with Gasteiger partial charge in [-0.25, -0.2) is 13.2 Å². The number of fused-ring (bicyclic) bond motifs is 1. The molecule has 2 aliphatic rings. The molecule has 1 atom stereocenters. The molecule has 0 aromatic heterocycles. The minimum Gasteiger partial charge on any atom is -0.336 e. The molecule has 1 aromatic rings. The summed E-state index contributed by atoms with van der Waals surface area (Å²) in [6.07, 6.45) is 0. The van der Waals surface area contributed by atoms with Gasteiger partial charge in [0.25, 0.3) is 0 Å². The second-order valence-electron chi connectivity index (χ2n) is 5.17. The van der Waals surface area contributed by atoms with Crippen LogP contribution in [0.15, 0.2) is 29.2 Å². The first-order chi connectivity index (χ1) is 10.0. The molecule has 0 radical (unpaired) electrons. The van der Waals surface area contributed by atoms with E-state index in [1.54, 1.807) is 29.2 Å². The molecule has 0 spiro atoms. The lowest BCUT2D eigenvalue weighted by Gasteiger charge is -2.35. The molecule has 1 N–H and O–H groups in total.